The molecular formula is C22H37N3O4. The summed E-state index contributed by atoms with van der Waals surface area (Å²) in [4.78, 5) is 26.6. The Morgan fingerprint density at radius 2 is 1.93 bits per heavy atom. The molecule has 164 valence electrons. The molecule has 2 amide bonds. The second-order valence-corrected chi connectivity index (χ2v) is 9.08. The highest BCUT2D eigenvalue weighted by Gasteiger charge is 2.28. The Hall–Kier alpha value is -2.02. The topological polar surface area (TPSA) is 72.8 Å². The SMILES string of the molecule is CC(C)COCCCNC(=O)c1cccn1C1CCN(C(=O)OC(C)(C)C)CC1. The van der Waals surface area contributed by atoms with Crippen LogP contribution in [0.5, 0.6) is 0 Å². The van der Waals surface area contributed by atoms with Gasteiger partial charge in [-0.1, -0.05) is 13.8 Å². The summed E-state index contributed by atoms with van der Waals surface area (Å²) in [6.07, 6.45) is 4.09. The van der Waals surface area contributed by atoms with Crippen LogP contribution in [0.25, 0.3) is 0 Å². The van der Waals surface area contributed by atoms with E-state index in [0.717, 1.165) is 25.9 Å². The predicted octanol–water partition coefficient (Wildman–Crippen LogP) is 3.85. The van der Waals surface area contributed by atoms with Crippen LogP contribution in [-0.4, -0.2) is 59.9 Å². The molecule has 0 spiro atoms. The Bertz CT molecular complexity index is 655. The molecule has 0 unspecified atom stereocenters. The molecule has 1 aromatic heterocycles. The minimum Gasteiger partial charge on any atom is -0.444 e. The van der Waals surface area contributed by atoms with Crippen LogP contribution >= 0.6 is 0 Å². The third-order valence-corrected chi connectivity index (χ3v) is 4.72. The van der Waals surface area contributed by atoms with E-state index in [4.69, 9.17) is 9.47 Å². The van der Waals surface area contributed by atoms with Gasteiger partial charge in [0.25, 0.3) is 5.91 Å². The highest BCUT2D eigenvalue weighted by Crippen LogP contribution is 2.25. The van der Waals surface area contributed by atoms with Crippen molar-refractivity contribution in [3.63, 3.8) is 0 Å². The third-order valence-electron chi connectivity index (χ3n) is 4.72. The number of hydrogen-bond acceptors (Lipinski definition) is 4. The number of nitrogens with zero attached hydrogens (tertiary/aromatic N) is 2. The number of piperidine rings is 1. The molecule has 2 heterocycles. The monoisotopic (exact) mass is 407 g/mol. The molecule has 0 aliphatic carbocycles. The van der Waals surface area contributed by atoms with Crippen molar-refractivity contribution < 1.29 is 19.1 Å². The number of amides is 2. The van der Waals surface area contributed by atoms with E-state index in [1.807, 2.05) is 43.7 Å². The molecule has 1 aliphatic heterocycles. The summed E-state index contributed by atoms with van der Waals surface area (Å²) in [6, 6.07) is 3.96. The van der Waals surface area contributed by atoms with Crippen LogP contribution < -0.4 is 5.32 Å². The van der Waals surface area contributed by atoms with Crippen molar-refractivity contribution in [1.29, 1.82) is 0 Å². The lowest BCUT2D eigenvalue weighted by molar-refractivity contribution is 0.0187. The Morgan fingerprint density at radius 1 is 1.24 bits per heavy atom. The van der Waals surface area contributed by atoms with E-state index in [0.29, 0.717) is 37.9 Å². The predicted molar refractivity (Wildman–Crippen MR) is 113 cm³/mol. The number of hydrogen-bond donors (Lipinski definition) is 1. The van der Waals surface area contributed by atoms with E-state index in [1.165, 1.54) is 0 Å². The number of likely N-dealkylation sites (tertiary alicyclic amines) is 1. The van der Waals surface area contributed by atoms with Crippen molar-refractivity contribution in [1.82, 2.24) is 14.8 Å². The fourth-order valence-corrected chi connectivity index (χ4v) is 3.34. The van der Waals surface area contributed by atoms with Gasteiger partial charge in [-0.2, -0.15) is 0 Å². The molecule has 0 saturated carbocycles. The van der Waals surface area contributed by atoms with Gasteiger partial charge in [-0.3, -0.25) is 4.79 Å². The molecule has 2 rings (SSSR count). The summed E-state index contributed by atoms with van der Waals surface area (Å²) in [5.74, 6) is 0.461. The number of aromatic nitrogens is 1. The van der Waals surface area contributed by atoms with Gasteiger partial charge in [0, 0.05) is 45.1 Å². The summed E-state index contributed by atoms with van der Waals surface area (Å²) in [5, 5.41) is 2.98. The van der Waals surface area contributed by atoms with E-state index in [-0.39, 0.29) is 18.0 Å². The zero-order valence-corrected chi connectivity index (χ0v) is 18.6. The molecule has 1 fully saturated rings. The summed E-state index contributed by atoms with van der Waals surface area (Å²) in [5.41, 5.74) is 0.184. The van der Waals surface area contributed by atoms with Crippen molar-refractivity contribution in [2.24, 2.45) is 5.92 Å². The first-order valence-electron chi connectivity index (χ1n) is 10.7. The van der Waals surface area contributed by atoms with Gasteiger partial charge in [0.1, 0.15) is 11.3 Å². The molecule has 0 aromatic carbocycles. The zero-order valence-electron chi connectivity index (χ0n) is 18.6. The lowest BCUT2D eigenvalue weighted by atomic mass is 10.0. The van der Waals surface area contributed by atoms with Crippen molar-refractivity contribution in [3.05, 3.63) is 24.0 Å². The largest absolute Gasteiger partial charge is 0.444 e. The van der Waals surface area contributed by atoms with Crippen molar-refractivity contribution in [2.45, 2.75) is 65.5 Å². The Morgan fingerprint density at radius 3 is 2.55 bits per heavy atom. The first-order valence-corrected chi connectivity index (χ1v) is 10.7. The molecule has 1 saturated heterocycles. The van der Waals surface area contributed by atoms with Gasteiger partial charge in [-0.05, 0) is 58.1 Å². The second kappa shape index (κ2) is 10.7. The van der Waals surface area contributed by atoms with Crippen LogP contribution in [0.2, 0.25) is 0 Å². The van der Waals surface area contributed by atoms with E-state index in [1.54, 1.807) is 4.90 Å². The number of carbonyl (C=O) groups excluding carboxylic acids is 2. The standard InChI is InChI=1S/C22H37N3O4/c1-17(2)16-28-15-7-11-23-20(26)19-8-6-12-25(19)18-9-13-24(14-10-18)21(27)29-22(3,4)5/h6,8,12,17-18H,7,9-11,13-16H2,1-5H3,(H,23,26). The molecular weight excluding hydrogens is 370 g/mol. The maximum atomic E-state index is 12.6. The summed E-state index contributed by atoms with van der Waals surface area (Å²) in [7, 11) is 0. The van der Waals surface area contributed by atoms with Crippen LogP contribution in [0.1, 0.15) is 70.4 Å². The number of carbonyl (C=O) groups is 2. The van der Waals surface area contributed by atoms with Gasteiger partial charge in [-0.15, -0.1) is 0 Å². The summed E-state index contributed by atoms with van der Waals surface area (Å²) >= 11 is 0. The zero-order chi connectivity index (χ0) is 21.4. The average Bonchev–Trinajstić information content (AvgIpc) is 3.12. The van der Waals surface area contributed by atoms with Gasteiger partial charge in [-0.25, -0.2) is 4.79 Å². The normalized spacial score (nSPS) is 15.6. The first kappa shape index (κ1) is 23.3. The Labute approximate surface area is 174 Å². The molecule has 1 aromatic rings. The van der Waals surface area contributed by atoms with Crippen LogP contribution in [0.15, 0.2) is 18.3 Å². The fraction of sp³-hybridized carbons (Fsp3) is 0.727. The molecule has 7 nitrogen and oxygen atoms in total. The molecule has 0 atom stereocenters. The van der Waals surface area contributed by atoms with Crippen LogP contribution in [0.3, 0.4) is 0 Å². The van der Waals surface area contributed by atoms with E-state index in [2.05, 4.69) is 19.2 Å². The van der Waals surface area contributed by atoms with E-state index in [9.17, 15) is 9.59 Å². The molecule has 1 N–H and O–H groups in total. The fourth-order valence-electron chi connectivity index (χ4n) is 3.34. The lowest BCUT2D eigenvalue weighted by Gasteiger charge is -2.34. The molecule has 1 aliphatic rings. The molecule has 29 heavy (non-hydrogen) atoms. The smallest absolute Gasteiger partial charge is 0.410 e. The summed E-state index contributed by atoms with van der Waals surface area (Å²) in [6.45, 7) is 13.1. The van der Waals surface area contributed by atoms with Crippen molar-refractivity contribution >= 4 is 12.0 Å². The van der Waals surface area contributed by atoms with Crippen molar-refractivity contribution in [3.8, 4) is 0 Å². The minimum absolute atomic E-state index is 0.0616. The lowest BCUT2D eigenvalue weighted by Crippen LogP contribution is -2.42. The maximum Gasteiger partial charge on any atom is 0.410 e. The highest BCUT2D eigenvalue weighted by atomic mass is 16.6. The van der Waals surface area contributed by atoms with Crippen LogP contribution in [0, 0.1) is 5.92 Å². The Kier molecular flexibility index (Phi) is 8.56. The summed E-state index contributed by atoms with van der Waals surface area (Å²) < 4.78 is 13.0. The van der Waals surface area contributed by atoms with Gasteiger partial charge >= 0.3 is 6.09 Å². The van der Waals surface area contributed by atoms with Gasteiger partial charge < -0.3 is 24.3 Å². The number of rotatable bonds is 8. The van der Waals surface area contributed by atoms with Crippen molar-refractivity contribution in [2.75, 3.05) is 32.8 Å². The van der Waals surface area contributed by atoms with E-state index >= 15 is 0 Å². The molecule has 0 bridgehead atoms. The maximum absolute atomic E-state index is 12.6. The van der Waals surface area contributed by atoms with Gasteiger partial charge in [0.15, 0.2) is 0 Å². The van der Waals surface area contributed by atoms with Crippen LogP contribution in [0.4, 0.5) is 4.79 Å². The quantitative estimate of drug-likeness (QED) is 0.664. The number of nitrogens with one attached hydrogen (secondary N) is 1. The second-order valence-electron chi connectivity index (χ2n) is 9.08. The van der Waals surface area contributed by atoms with E-state index < -0.39 is 5.60 Å². The highest BCUT2D eigenvalue weighted by molar-refractivity contribution is 5.92. The third kappa shape index (κ3) is 7.72. The first-order chi connectivity index (χ1) is 13.7. The average molecular weight is 408 g/mol. The molecule has 7 heteroatoms. The van der Waals surface area contributed by atoms with Gasteiger partial charge in [0.2, 0.25) is 0 Å². The van der Waals surface area contributed by atoms with Gasteiger partial charge in [0.05, 0.1) is 0 Å². The molecule has 0 radical (unpaired) electrons. The Balaban J connectivity index is 1.80. The minimum atomic E-state index is -0.487. The van der Waals surface area contributed by atoms with Crippen LogP contribution in [-0.2, 0) is 9.47 Å². The number of ether oxygens (including phenoxy) is 2.